The Morgan fingerprint density at radius 3 is 2.95 bits per heavy atom. The van der Waals surface area contributed by atoms with Crippen molar-refractivity contribution in [1.29, 1.82) is 0 Å². The van der Waals surface area contributed by atoms with Gasteiger partial charge in [-0.15, -0.1) is 5.10 Å². The van der Waals surface area contributed by atoms with Crippen LogP contribution in [-0.4, -0.2) is 38.6 Å². The van der Waals surface area contributed by atoms with Crippen molar-refractivity contribution in [3.8, 4) is 5.88 Å². The number of nitrogens with zero attached hydrogens (tertiary/aromatic N) is 3. The van der Waals surface area contributed by atoms with Crippen LogP contribution < -0.4 is 4.74 Å². The highest BCUT2D eigenvalue weighted by Crippen LogP contribution is 2.26. The quantitative estimate of drug-likeness (QED) is 0.934. The summed E-state index contributed by atoms with van der Waals surface area (Å²) in [5.74, 6) is -0.962. The van der Waals surface area contributed by atoms with Gasteiger partial charge in [-0.05, 0) is 39.2 Å². The van der Waals surface area contributed by atoms with E-state index >= 15 is 0 Å². The van der Waals surface area contributed by atoms with Crippen molar-refractivity contribution in [2.24, 2.45) is 0 Å². The summed E-state index contributed by atoms with van der Waals surface area (Å²) in [7, 11) is 0. The molecule has 0 amide bonds. The largest absolute Gasteiger partial charge is 0.477 e. The van der Waals surface area contributed by atoms with E-state index < -0.39 is 5.97 Å². The molecule has 0 spiro atoms. The molecule has 1 atom stereocenters. The lowest BCUT2D eigenvalue weighted by Crippen LogP contribution is -2.18. The molecular formula is C15H19N3O4. The third-order valence-corrected chi connectivity index (χ3v) is 3.51. The summed E-state index contributed by atoms with van der Waals surface area (Å²) in [6.07, 6.45) is 4.57. The number of carboxylic acid groups (broad SMARTS) is 1. The maximum atomic E-state index is 11.4. The van der Waals surface area contributed by atoms with Crippen molar-refractivity contribution in [1.82, 2.24) is 14.8 Å². The Balaban J connectivity index is 2.01. The molecule has 1 aliphatic heterocycles. The molecule has 2 aromatic heterocycles. The molecule has 118 valence electrons. The third kappa shape index (κ3) is 2.89. The predicted molar refractivity (Wildman–Crippen MR) is 79.1 cm³/mol. The van der Waals surface area contributed by atoms with Crippen molar-refractivity contribution in [2.75, 3.05) is 6.61 Å². The second-order valence-corrected chi connectivity index (χ2v) is 5.66. The molecule has 1 fully saturated rings. The van der Waals surface area contributed by atoms with Gasteiger partial charge in [0.15, 0.2) is 5.65 Å². The molecule has 1 saturated heterocycles. The van der Waals surface area contributed by atoms with Gasteiger partial charge >= 0.3 is 5.97 Å². The molecule has 3 heterocycles. The zero-order valence-corrected chi connectivity index (χ0v) is 12.7. The zero-order chi connectivity index (χ0) is 15.7. The van der Waals surface area contributed by atoms with Crippen LogP contribution in [0.1, 0.15) is 49.7 Å². The SMILES string of the molecule is CC(C)Oc1nc2nn(C3CCCCO3)cc2cc1C(=O)O. The Morgan fingerprint density at radius 2 is 2.32 bits per heavy atom. The Hall–Kier alpha value is -2.15. The summed E-state index contributed by atoms with van der Waals surface area (Å²) in [5.41, 5.74) is 0.514. The Bertz CT molecular complexity index is 689. The zero-order valence-electron chi connectivity index (χ0n) is 12.7. The number of rotatable bonds is 4. The standard InChI is InChI=1S/C15H19N3O4/c1-9(2)22-14-11(15(19)20)7-10-8-18(17-13(10)16-14)12-5-3-4-6-21-12/h7-9,12H,3-6H2,1-2H3,(H,19,20). The maximum absolute atomic E-state index is 11.4. The van der Waals surface area contributed by atoms with E-state index in [9.17, 15) is 9.90 Å². The molecule has 1 N–H and O–H groups in total. The second kappa shape index (κ2) is 5.92. The summed E-state index contributed by atoms with van der Waals surface area (Å²) >= 11 is 0. The van der Waals surface area contributed by atoms with E-state index in [4.69, 9.17) is 9.47 Å². The fourth-order valence-corrected chi connectivity index (χ4v) is 2.50. The predicted octanol–water partition coefficient (Wildman–Crippen LogP) is 2.62. The molecule has 3 rings (SSSR count). The first-order chi connectivity index (χ1) is 10.5. The molecule has 7 nitrogen and oxygen atoms in total. The van der Waals surface area contributed by atoms with E-state index in [0.29, 0.717) is 11.0 Å². The molecular weight excluding hydrogens is 286 g/mol. The minimum atomic E-state index is -1.06. The first-order valence-electron chi connectivity index (χ1n) is 7.46. The fourth-order valence-electron chi connectivity index (χ4n) is 2.50. The third-order valence-electron chi connectivity index (χ3n) is 3.51. The average Bonchev–Trinajstić information content (AvgIpc) is 2.89. The number of hydrogen-bond acceptors (Lipinski definition) is 5. The van der Waals surface area contributed by atoms with Gasteiger partial charge < -0.3 is 14.6 Å². The van der Waals surface area contributed by atoms with Crippen LogP contribution in [0, 0.1) is 0 Å². The Labute approximate surface area is 127 Å². The van der Waals surface area contributed by atoms with Crippen LogP contribution in [0.25, 0.3) is 11.0 Å². The molecule has 7 heteroatoms. The summed E-state index contributed by atoms with van der Waals surface area (Å²) in [6.45, 7) is 4.37. The summed E-state index contributed by atoms with van der Waals surface area (Å²) < 4.78 is 12.9. The van der Waals surface area contributed by atoms with E-state index in [1.165, 1.54) is 0 Å². The number of ether oxygens (including phenoxy) is 2. The molecule has 22 heavy (non-hydrogen) atoms. The minimum absolute atomic E-state index is 0.0466. The number of fused-ring (bicyclic) bond motifs is 1. The van der Waals surface area contributed by atoms with Crippen molar-refractivity contribution < 1.29 is 19.4 Å². The molecule has 0 radical (unpaired) electrons. The average molecular weight is 305 g/mol. The maximum Gasteiger partial charge on any atom is 0.341 e. The van der Waals surface area contributed by atoms with Crippen molar-refractivity contribution >= 4 is 17.0 Å². The molecule has 1 unspecified atom stereocenters. The molecule has 0 bridgehead atoms. The molecule has 0 aliphatic carbocycles. The molecule has 2 aromatic rings. The van der Waals surface area contributed by atoms with E-state index in [1.54, 1.807) is 16.9 Å². The lowest BCUT2D eigenvalue weighted by Gasteiger charge is -2.22. The van der Waals surface area contributed by atoms with E-state index in [2.05, 4.69) is 10.1 Å². The van der Waals surface area contributed by atoms with E-state index in [-0.39, 0.29) is 23.8 Å². The fraction of sp³-hybridized carbons (Fsp3) is 0.533. The van der Waals surface area contributed by atoms with Gasteiger partial charge in [0.1, 0.15) is 11.8 Å². The number of pyridine rings is 1. The first-order valence-corrected chi connectivity index (χ1v) is 7.46. The van der Waals surface area contributed by atoms with Crippen molar-refractivity contribution in [2.45, 2.75) is 45.4 Å². The van der Waals surface area contributed by atoms with Gasteiger partial charge in [-0.1, -0.05) is 0 Å². The highest BCUT2D eigenvalue weighted by Gasteiger charge is 2.21. The normalized spacial score (nSPS) is 18.8. The number of carboxylic acids is 1. The number of carbonyl (C=O) groups is 1. The Kier molecular flexibility index (Phi) is 3.98. The van der Waals surface area contributed by atoms with Gasteiger partial charge in [-0.25, -0.2) is 9.48 Å². The monoisotopic (exact) mass is 305 g/mol. The van der Waals surface area contributed by atoms with Crippen LogP contribution >= 0.6 is 0 Å². The van der Waals surface area contributed by atoms with Crippen LogP contribution in [0.5, 0.6) is 5.88 Å². The molecule has 0 aromatic carbocycles. The van der Waals surface area contributed by atoms with Crippen LogP contribution in [0.15, 0.2) is 12.3 Å². The van der Waals surface area contributed by atoms with E-state index in [1.807, 2.05) is 13.8 Å². The number of hydrogen-bond donors (Lipinski definition) is 1. The van der Waals surface area contributed by atoms with Crippen LogP contribution in [0.3, 0.4) is 0 Å². The molecule has 1 aliphatic rings. The topological polar surface area (TPSA) is 86.5 Å². The van der Waals surface area contributed by atoms with Gasteiger partial charge in [-0.3, -0.25) is 0 Å². The van der Waals surface area contributed by atoms with Crippen molar-refractivity contribution in [3.05, 3.63) is 17.8 Å². The smallest absolute Gasteiger partial charge is 0.341 e. The first kappa shape index (κ1) is 14.8. The summed E-state index contributed by atoms with van der Waals surface area (Å²) in [5, 5.41) is 14.4. The minimum Gasteiger partial charge on any atom is -0.477 e. The Morgan fingerprint density at radius 1 is 1.50 bits per heavy atom. The van der Waals surface area contributed by atoms with Crippen LogP contribution in [0.2, 0.25) is 0 Å². The van der Waals surface area contributed by atoms with E-state index in [0.717, 1.165) is 25.9 Å². The van der Waals surface area contributed by atoms with Gasteiger partial charge in [0.25, 0.3) is 0 Å². The highest BCUT2D eigenvalue weighted by molar-refractivity contribution is 5.94. The number of aromatic carboxylic acids is 1. The van der Waals surface area contributed by atoms with Gasteiger partial charge in [-0.2, -0.15) is 4.98 Å². The van der Waals surface area contributed by atoms with Gasteiger partial charge in [0, 0.05) is 18.2 Å². The van der Waals surface area contributed by atoms with Gasteiger partial charge in [0.2, 0.25) is 5.88 Å². The van der Waals surface area contributed by atoms with Crippen LogP contribution in [-0.2, 0) is 4.74 Å². The van der Waals surface area contributed by atoms with Crippen molar-refractivity contribution in [3.63, 3.8) is 0 Å². The van der Waals surface area contributed by atoms with Crippen LogP contribution in [0.4, 0.5) is 0 Å². The second-order valence-electron chi connectivity index (χ2n) is 5.66. The molecule has 0 saturated carbocycles. The van der Waals surface area contributed by atoms with Gasteiger partial charge in [0.05, 0.1) is 6.10 Å². The lowest BCUT2D eigenvalue weighted by molar-refractivity contribution is -0.0391. The lowest BCUT2D eigenvalue weighted by atomic mass is 10.2. The summed E-state index contributed by atoms with van der Waals surface area (Å²) in [4.78, 5) is 15.6. The number of aromatic nitrogens is 3. The summed E-state index contributed by atoms with van der Waals surface area (Å²) in [6, 6.07) is 1.55. The highest BCUT2D eigenvalue weighted by atomic mass is 16.5.